The number of sulfonamides is 1. The summed E-state index contributed by atoms with van der Waals surface area (Å²) in [5, 5.41) is 2.80. The number of anilines is 1. The number of amides is 1. The molecule has 0 spiro atoms. The summed E-state index contributed by atoms with van der Waals surface area (Å²) in [5.74, 6) is -0.576. The predicted molar refractivity (Wildman–Crippen MR) is 124 cm³/mol. The van der Waals surface area contributed by atoms with Gasteiger partial charge in [0.15, 0.2) is 5.58 Å². The van der Waals surface area contributed by atoms with Crippen molar-refractivity contribution >= 4 is 32.7 Å². The van der Waals surface area contributed by atoms with Gasteiger partial charge in [-0.2, -0.15) is 4.72 Å². The number of nitrogens with zero attached hydrogens (tertiary/aromatic N) is 1. The summed E-state index contributed by atoms with van der Waals surface area (Å²) in [5.41, 5.74) is 2.39. The summed E-state index contributed by atoms with van der Waals surface area (Å²) in [6.45, 7) is 7.99. The van der Waals surface area contributed by atoms with Crippen molar-refractivity contribution < 1.29 is 17.6 Å². The van der Waals surface area contributed by atoms with Crippen LogP contribution >= 0.6 is 0 Å². The van der Waals surface area contributed by atoms with E-state index < -0.39 is 27.7 Å². The standard InChI is InChI=1S/C23H29N3O5S/c1-14(2)12-19(22(27)24-17-8-6-16(7-9-17)15(3)4)25-32(29,30)18-10-11-20-21(13-18)31-23(28)26(20)5/h6-11,13-15,19,25H,12H2,1-5H3,(H,24,27). The number of benzene rings is 2. The SMILES string of the molecule is CC(C)CC(NS(=O)(=O)c1ccc2c(c1)oc(=O)n2C)C(=O)Nc1ccc(C(C)C)cc1. The molecule has 2 aromatic carbocycles. The second-order valence-electron chi connectivity index (χ2n) is 8.63. The number of fused-ring (bicyclic) bond motifs is 1. The average molecular weight is 460 g/mol. The van der Waals surface area contributed by atoms with Gasteiger partial charge in [0.25, 0.3) is 0 Å². The van der Waals surface area contributed by atoms with Crippen LogP contribution in [0.5, 0.6) is 0 Å². The Kier molecular flexibility index (Phi) is 6.90. The van der Waals surface area contributed by atoms with E-state index >= 15 is 0 Å². The van der Waals surface area contributed by atoms with Crippen molar-refractivity contribution in [3.63, 3.8) is 0 Å². The van der Waals surface area contributed by atoms with Gasteiger partial charge >= 0.3 is 5.76 Å². The first kappa shape index (κ1) is 23.7. The highest BCUT2D eigenvalue weighted by Gasteiger charge is 2.27. The molecule has 0 fully saturated rings. The van der Waals surface area contributed by atoms with Crippen molar-refractivity contribution in [1.82, 2.24) is 9.29 Å². The lowest BCUT2D eigenvalue weighted by molar-refractivity contribution is -0.118. The van der Waals surface area contributed by atoms with Gasteiger partial charge in [0.2, 0.25) is 15.9 Å². The van der Waals surface area contributed by atoms with Gasteiger partial charge in [0, 0.05) is 18.8 Å². The highest BCUT2D eigenvalue weighted by molar-refractivity contribution is 7.89. The number of rotatable bonds is 8. The Morgan fingerprint density at radius 3 is 2.31 bits per heavy atom. The van der Waals surface area contributed by atoms with Gasteiger partial charge in [-0.15, -0.1) is 0 Å². The van der Waals surface area contributed by atoms with Crippen molar-refractivity contribution in [3.8, 4) is 0 Å². The normalized spacial score (nSPS) is 13.1. The van der Waals surface area contributed by atoms with E-state index in [0.717, 1.165) is 5.56 Å². The van der Waals surface area contributed by atoms with Crippen molar-refractivity contribution in [2.45, 2.75) is 51.0 Å². The summed E-state index contributed by atoms with van der Waals surface area (Å²) in [6, 6.07) is 10.7. The maximum Gasteiger partial charge on any atom is 0.419 e. The molecule has 1 amide bonds. The van der Waals surface area contributed by atoms with E-state index in [0.29, 0.717) is 23.5 Å². The smallest absolute Gasteiger partial charge is 0.408 e. The monoisotopic (exact) mass is 459 g/mol. The van der Waals surface area contributed by atoms with Gasteiger partial charge < -0.3 is 9.73 Å². The fourth-order valence-corrected chi connectivity index (χ4v) is 4.62. The topological polar surface area (TPSA) is 110 Å². The predicted octanol–water partition coefficient (Wildman–Crippen LogP) is 3.59. The van der Waals surface area contributed by atoms with Crippen molar-refractivity contribution in [2.24, 2.45) is 13.0 Å². The van der Waals surface area contributed by atoms with Crippen LogP contribution in [0.25, 0.3) is 11.1 Å². The molecule has 3 rings (SSSR count). The summed E-state index contributed by atoms with van der Waals surface area (Å²) in [6.07, 6.45) is 0.317. The third-order valence-electron chi connectivity index (χ3n) is 5.24. The van der Waals surface area contributed by atoms with E-state index in [1.807, 2.05) is 26.0 Å². The fraction of sp³-hybridized carbons (Fsp3) is 0.391. The lowest BCUT2D eigenvalue weighted by atomic mass is 10.0. The summed E-state index contributed by atoms with van der Waals surface area (Å²) >= 11 is 0. The fourth-order valence-electron chi connectivity index (χ4n) is 3.40. The van der Waals surface area contributed by atoms with Crippen LogP contribution in [-0.2, 0) is 21.9 Å². The van der Waals surface area contributed by atoms with E-state index in [1.54, 1.807) is 12.1 Å². The number of hydrogen-bond donors (Lipinski definition) is 2. The molecular weight excluding hydrogens is 430 g/mol. The van der Waals surface area contributed by atoms with E-state index in [4.69, 9.17) is 4.42 Å². The minimum absolute atomic E-state index is 0.0754. The third-order valence-corrected chi connectivity index (χ3v) is 6.71. The zero-order valence-electron chi connectivity index (χ0n) is 18.9. The number of aromatic nitrogens is 1. The van der Waals surface area contributed by atoms with E-state index in [2.05, 4.69) is 23.9 Å². The average Bonchev–Trinajstić information content (AvgIpc) is 3.00. The highest BCUT2D eigenvalue weighted by Crippen LogP contribution is 2.20. The quantitative estimate of drug-likeness (QED) is 0.535. The molecule has 0 bridgehead atoms. The van der Waals surface area contributed by atoms with Crippen molar-refractivity contribution in [3.05, 3.63) is 58.6 Å². The Morgan fingerprint density at radius 2 is 1.72 bits per heavy atom. The Labute approximate surface area is 187 Å². The maximum absolute atomic E-state index is 13.0. The first-order valence-corrected chi connectivity index (χ1v) is 12.0. The second kappa shape index (κ2) is 9.30. The number of carbonyl (C=O) groups excluding carboxylic acids is 1. The molecule has 0 radical (unpaired) electrons. The van der Waals surface area contributed by atoms with Gasteiger partial charge in [0.05, 0.1) is 10.4 Å². The minimum Gasteiger partial charge on any atom is -0.408 e. The molecule has 0 aliphatic rings. The Morgan fingerprint density at radius 1 is 1.06 bits per heavy atom. The minimum atomic E-state index is -4.04. The Bertz CT molecular complexity index is 1270. The number of carbonyl (C=O) groups is 1. The van der Waals surface area contributed by atoms with Crippen LogP contribution in [0.4, 0.5) is 5.69 Å². The number of hydrogen-bond acceptors (Lipinski definition) is 5. The first-order valence-electron chi connectivity index (χ1n) is 10.5. The van der Waals surface area contributed by atoms with Gasteiger partial charge in [-0.25, -0.2) is 13.2 Å². The molecule has 0 aliphatic carbocycles. The number of oxazole rings is 1. The molecule has 1 aromatic heterocycles. The van der Waals surface area contributed by atoms with E-state index in [-0.39, 0.29) is 16.4 Å². The van der Waals surface area contributed by atoms with Gasteiger partial charge in [-0.1, -0.05) is 39.8 Å². The van der Waals surface area contributed by atoms with Crippen LogP contribution in [0.2, 0.25) is 0 Å². The van der Waals surface area contributed by atoms with E-state index in [1.165, 1.54) is 29.8 Å². The summed E-state index contributed by atoms with van der Waals surface area (Å²) in [4.78, 5) is 24.6. The molecule has 9 heteroatoms. The van der Waals surface area contributed by atoms with E-state index in [9.17, 15) is 18.0 Å². The van der Waals surface area contributed by atoms with Gasteiger partial charge in [-0.3, -0.25) is 9.36 Å². The first-order chi connectivity index (χ1) is 15.0. The van der Waals surface area contributed by atoms with Crippen LogP contribution < -0.4 is 15.8 Å². The Balaban J connectivity index is 1.83. The molecule has 3 aromatic rings. The lowest BCUT2D eigenvalue weighted by Gasteiger charge is -2.20. The summed E-state index contributed by atoms with van der Waals surface area (Å²) < 4.78 is 34.9. The highest BCUT2D eigenvalue weighted by atomic mass is 32.2. The largest absolute Gasteiger partial charge is 0.419 e. The number of nitrogens with one attached hydrogen (secondary N) is 2. The molecule has 0 aliphatic heterocycles. The van der Waals surface area contributed by atoms with Crippen LogP contribution in [0.1, 0.15) is 45.6 Å². The Hall–Kier alpha value is -2.91. The molecule has 0 saturated carbocycles. The molecule has 32 heavy (non-hydrogen) atoms. The number of aryl methyl sites for hydroxylation is 1. The molecule has 2 N–H and O–H groups in total. The zero-order valence-corrected chi connectivity index (χ0v) is 19.7. The van der Waals surface area contributed by atoms with Crippen molar-refractivity contribution in [2.75, 3.05) is 5.32 Å². The molecule has 172 valence electrons. The molecule has 1 heterocycles. The molecule has 1 unspecified atom stereocenters. The second-order valence-corrected chi connectivity index (χ2v) is 10.3. The van der Waals surface area contributed by atoms with Crippen LogP contribution in [0, 0.1) is 5.92 Å². The van der Waals surface area contributed by atoms with Crippen LogP contribution in [-0.4, -0.2) is 24.9 Å². The van der Waals surface area contributed by atoms with Gasteiger partial charge in [-0.05, 0) is 48.1 Å². The maximum atomic E-state index is 13.0. The van der Waals surface area contributed by atoms with Crippen LogP contribution in [0.3, 0.4) is 0 Å². The molecule has 0 saturated heterocycles. The van der Waals surface area contributed by atoms with Crippen LogP contribution in [0.15, 0.2) is 56.6 Å². The molecule has 1 atom stereocenters. The van der Waals surface area contributed by atoms with Crippen molar-refractivity contribution in [1.29, 1.82) is 0 Å². The summed E-state index contributed by atoms with van der Waals surface area (Å²) in [7, 11) is -2.50. The zero-order chi connectivity index (χ0) is 23.6. The molecule has 8 nitrogen and oxygen atoms in total. The van der Waals surface area contributed by atoms with Gasteiger partial charge in [0.1, 0.15) is 6.04 Å². The lowest BCUT2D eigenvalue weighted by Crippen LogP contribution is -2.44. The molecular formula is C23H29N3O5S. The third kappa shape index (κ3) is 5.28.